The molecule has 0 N–H and O–H groups in total. The molecule has 11 aromatic carbocycles. The van der Waals surface area contributed by atoms with E-state index in [0.717, 1.165) is 103 Å². The van der Waals surface area contributed by atoms with Gasteiger partial charge in [-0.25, -0.2) is 4.85 Å². The third-order valence-corrected chi connectivity index (χ3v) is 17.4. The summed E-state index contributed by atoms with van der Waals surface area (Å²) < 4.78 is 9.43. The minimum Gasteiger partial charge on any atom is -0.318 e. The van der Waals surface area contributed by atoms with Crippen molar-refractivity contribution in [2.45, 2.75) is 0 Å². The predicted molar refractivity (Wildman–Crippen MR) is 314 cm³/mol. The van der Waals surface area contributed by atoms with Crippen molar-refractivity contribution in [1.82, 2.24) is 9.13 Å². The van der Waals surface area contributed by atoms with Crippen molar-refractivity contribution in [3.8, 4) is 62.0 Å². The minimum absolute atomic E-state index is 0.415. The van der Waals surface area contributed by atoms with Gasteiger partial charge in [0.2, 0.25) is 5.69 Å². The Morgan fingerprint density at radius 1 is 0.365 bits per heavy atom. The van der Waals surface area contributed by atoms with Gasteiger partial charge in [-0.15, -0.1) is 22.7 Å². The van der Waals surface area contributed by atoms with E-state index in [-0.39, 0.29) is 0 Å². The maximum atomic E-state index is 12.2. The first-order valence-corrected chi connectivity index (χ1v) is 26.3. The van der Waals surface area contributed by atoms with Crippen LogP contribution in [0.2, 0.25) is 0 Å². The molecule has 6 heteroatoms. The number of rotatable bonds is 6. The van der Waals surface area contributed by atoms with E-state index in [1.54, 1.807) is 22.7 Å². The maximum Gasteiger partial charge on any atom is 0.220 e. The fourth-order valence-electron chi connectivity index (χ4n) is 11.8. The van der Waals surface area contributed by atoms with Crippen molar-refractivity contribution in [2.24, 2.45) is 0 Å². The summed E-state index contributed by atoms with van der Waals surface area (Å²) in [6.45, 7) is 9.40. The van der Waals surface area contributed by atoms with Gasteiger partial charge >= 0.3 is 0 Å². The van der Waals surface area contributed by atoms with E-state index in [1.165, 1.54) is 31.1 Å². The van der Waals surface area contributed by atoms with Crippen molar-refractivity contribution in [1.29, 1.82) is 5.26 Å². The van der Waals surface area contributed by atoms with Crippen LogP contribution in [0.5, 0.6) is 0 Å². The monoisotopic (exact) mass is 974 g/mol. The van der Waals surface area contributed by atoms with Crippen molar-refractivity contribution in [3.63, 3.8) is 0 Å². The van der Waals surface area contributed by atoms with Crippen LogP contribution < -0.4 is 0 Å². The second kappa shape index (κ2) is 16.5. The van der Waals surface area contributed by atoms with Gasteiger partial charge in [-0.3, -0.25) is 0 Å². The molecule has 4 nitrogen and oxygen atoms in total. The normalized spacial score (nSPS) is 11.8. The molecule has 0 saturated carbocycles. The lowest BCUT2D eigenvalue weighted by Crippen LogP contribution is -2.09. The van der Waals surface area contributed by atoms with Crippen molar-refractivity contribution < 1.29 is 0 Å². The van der Waals surface area contributed by atoms with Crippen molar-refractivity contribution >= 4 is 112 Å². The molecule has 0 spiro atoms. The van der Waals surface area contributed by atoms with Gasteiger partial charge < -0.3 is 9.13 Å². The minimum atomic E-state index is 0.415. The van der Waals surface area contributed by atoms with Crippen LogP contribution in [-0.4, -0.2) is 9.13 Å². The van der Waals surface area contributed by atoms with Crippen LogP contribution in [0.25, 0.3) is 145 Å². The number of para-hydroxylation sites is 1. The van der Waals surface area contributed by atoms with Gasteiger partial charge in [0, 0.05) is 63.6 Å². The number of thiophene rings is 2. The summed E-state index contributed by atoms with van der Waals surface area (Å²) in [6.07, 6.45) is 0. The zero-order valence-corrected chi connectivity index (χ0v) is 41.2. The second-order valence-corrected chi connectivity index (χ2v) is 21.0. The van der Waals surface area contributed by atoms with Crippen LogP contribution in [0.15, 0.2) is 231 Å². The van der Waals surface area contributed by atoms with Gasteiger partial charge in [-0.1, -0.05) is 194 Å². The SMILES string of the molecule is [C-]#[N+]c1c(-c2ccccc2)c(C#N)c(-n2c3c(ccc4c5ccccc5sc43)c3ccc4c5cc(-c6ccccc6)ccc5sc4c32)c(-c2ccccc2)c1-n1c2ccccc2c2cc(-c3ccccc3)ccc21. The van der Waals surface area contributed by atoms with Crippen LogP contribution in [-0.2, 0) is 0 Å². The highest BCUT2D eigenvalue weighted by Gasteiger charge is 2.33. The third-order valence-electron chi connectivity index (χ3n) is 15.0. The topological polar surface area (TPSA) is 38.0 Å². The summed E-state index contributed by atoms with van der Waals surface area (Å²) >= 11 is 3.60. The highest BCUT2D eigenvalue weighted by atomic mass is 32.1. The number of aromatic nitrogens is 2. The molecule has 0 aliphatic carbocycles. The van der Waals surface area contributed by atoms with E-state index in [2.05, 4.69) is 208 Å². The number of hydrogen-bond donors (Lipinski definition) is 0. The van der Waals surface area contributed by atoms with Crippen molar-refractivity contribution in [2.75, 3.05) is 0 Å². The highest BCUT2D eigenvalue weighted by Crippen LogP contribution is 2.55. The summed E-state index contributed by atoms with van der Waals surface area (Å²) in [6, 6.07) is 84.5. The van der Waals surface area contributed by atoms with Gasteiger partial charge in [-0.05, 0) is 69.8 Å². The number of nitrogens with zero attached hydrogens (tertiary/aromatic N) is 4. The smallest absolute Gasteiger partial charge is 0.220 e. The van der Waals surface area contributed by atoms with Crippen LogP contribution in [0.4, 0.5) is 5.69 Å². The molecular formula is C68H38N4S2. The Labute approximate surface area is 433 Å². The van der Waals surface area contributed by atoms with Crippen LogP contribution in [0.3, 0.4) is 0 Å². The Balaban J connectivity index is 1.19. The van der Waals surface area contributed by atoms with Gasteiger partial charge in [-0.2, -0.15) is 5.26 Å². The molecular weight excluding hydrogens is 937 g/mol. The summed E-state index contributed by atoms with van der Waals surface area (Å²) in [5.74, 6) is 0. The molecule has 0 fully saturated rings. The molecule has 15 rings (SSSR count). The Hall–Kier alpha value is -9.56. The first-order chi connectivity index (χ1) is 36.7. The molecule has 0 atom stereocenters. The summed E-state index contributed by atoms with van der Waals surface area (Å²) in [7, 11) is 0. The molecule has 0 unspecified atom stereocenters. The molecule has 342 valence electrons. The van der Waals surface area contributed by atoms with E-state index in [1.807, 2.05) is 42.5 Å². The predicted octanol–water partition coefficient (Wildman–Crippen LogP) is 19.7. The average Bonchev–Trinajstić information content (AvgIpc) is 4.31. The largest absolute Gasteiger partial charge is 0.318 e. The molecule has 0 amide bonds. The van der Waals surface area contributed by atoms with E-state index >= 15 is 0 Å². The van der Waals surface area contributed by atoms with E-state index in [0.29, 0.717) is 16.8 Å². The molecule has 0 aliphatic heterocycles. The van der Waals surface area contributed by atoms with E-state index in [4.69, 9.17) is 0 Å². The number of benzene rings is 11. The van der Waals surface area contributed by atoms with Crippen LogP contribution >= 0.6 is 22.7 Å². The molecule has 74 heavy (non-hydrogen) atoms. The Morgan fingerprint density at radius 2 is 0.838 bits per heavy atom. The van der Waals surface area contributed by atoms with Gasteiger partial charge in [0.1, 0.15) is 6.07 Å². The van der Waals surface area contributed by atoms with Crippen LogP contribution in [0, 0.1) is 17.9 Å². The molecule has 4 aromatic heterocycles. The summed E-state index contributed by atoms with van der Waals surface area (Å²) in [5.41, 5.74) is 14.0. The lowest BCUT2D eigenvalue weighted by molar-refractivity contribution is 1.14. The van der Waals surface area contributed by atoms with Gasteiger partial charge in [0.05, 0.1) is 55.0 Å². The molecule has 4 heterocycles. The van der Waals surface area contributed by atoms with E-state index in [9.17, 15) is 11.8 Å². The molecule has 0 radical (unpaired) electrons. The lowest BCUT2D eigenvalue weighted by atomic mass is 9.88. The first-order valence-electron chi connectivity index (χ1n) is 24.7. The highest BCUT2D eigenvalue weighted by molar-refractivity contribution is 7.27. The Bertz CT molecular complexity index is 4890. The Kier molecular flexibility index (Phi) is 9.40. The van der Waals surface area contributed by atoms with E-state index < -0.39 is 0 Å². The van der Waals surface area contributed by atoms with Gasteiger partial charge in [0.25, 0.3) is 0 Å². The molecule has 0 bridgehead atoms. The number of hydrogen-bond acceptors (Lipinski definition) is 3. The molecule has 15 aromatic rings. The van der Waals surface area contributed by atoms with Gasteiger partial charge in [0.15, 0.2) is 0 Å². The fraction of sp³-hybridized carbons (Fsp3) is 0. The number of fused-ring (bicyclic) bond motifs is 14. The third kappa shape index (κ3) is 6.11. The quantitative estimate of drug-likeness (QED) is 0.153. The average molecular weight is 975 g/mol. The number of nitriles is 1. The maximum absolute atomic E-state index is 12.2. The zero-order valence-electron chi connectivity index (χ0n) is 39.5. The van der Waals surface area contributed by atoms with Crippen LogP contribution in [0.1, 0.15) is 5.56 Å². The second-order valence-electron chi connectivity index (χ2n) is 18.9. The first kappa shape index (κ1) is 42.2. The fourth-order valence-corrected chi connectivity index (χ4v) is 14.2. The van der Waals surface area contributed by atoms with Crippen molar-refractivity contribution in [3.05, 3.63) is 248 Å². The summed E-state index contributed by atoms with van der Waals surface area (Å²) in [4.78, 5) is 4.59. The molecule has 0 saturated heterocycles. The Morgan fingerprint density at radius 3 is 1.45 bits per heavy atom. The summed E-state index contributed by atoms with van der Waals surface area (Å²) in [5, 5.41) is 21.3. The molecule has 0 aliphatic rings. The zero-order chi connectivity index (χ0) is 49.0. The standard InChI is InChI=1S/C68H38N4S2/c1-70-62-60(43-22-10-4-11-23-43)55(40-69)63(61(44-24-12-5-13-25-44)66(62)71-56-28-16-14-26-47(56)53-38-45(30-36-57(53)71)41-18-6-2-7-19-41)72-64-49(32-34-51-48-27-15-17-29-58(48)73-67(51)64)50-33-35-52-54-39-46(42-20-8-3-9-21-42)31-37-59(54)74-68(52)65(50)72/h2-39H. The lowest BCUT2D eigenvalue weighted by Gasteiger charge is -2.26.